The summed E-state index contributed by atoms with van der Waals surface area (Å²) in [6.07, 6.45) is 0.0381. The third kappa shape index (κ3) is 3.26. The van der Waals surface area contributed by atoms with E-state index in [0.717, 1.165) is 0 Å². The molecule has 1 aromatic rings. The number of halogens is 1. The molecule has 0 heterocycles. The first kappa shape index (κ1) is 12.6. The van der Waals surface area contributed by atoms with Gasteiger partial charge in [0.15, 0.2) is 0 Å². The molecule has 0 fully saturated rings. The first-order valence-electron chi connectivity index (χ1n) is 5.13. The summed E-state index contributed by atoms with van der Waals surface area (Å²) in [7, 11) is 0. The number of benzene rings is 1. The maximum Gasteiger partial charge on any atom is 0.204 e. The predicted octanol–water partition coefficient (Wildman–Crippen LogP) is 2.55. The zero-order valence-corrected chi connectivity index (χ0v) is 9.71. The average molecular weight is 222 g/mol. The molecule has 86 valence electrons. The smallest absolute Gasteiger partial charge is 0.204 e. The molecule has 0 aliphatic rings. The van der Waals surface area contributed by atoms with E-state index in [9.17, 15) is 14.0 Å². The maximum atomic E-state index is 12.6. The third-order valence-electron chi connectivity index (χ3n) is 2.21. The van der Waals surface area contributed by atoms with Crippen molar-refractivity contribution in [3.8, 4) is 0 Å². The fraction of sp³-hybridized carbons (Fsp3) is 0.385. The predicted molar refractivity (Wildman–Crippen MR) is 59.6 cm³/mol. The zero-order chi connectivity index (χ0) is 12.3. The highest BCUT2D eigenvalue weighted by Crippen LogP contribution is 2.16. The summed E-state index contributed by atoms with van der Waals surface area (Å²) in [6.45, 7) is 5.12. The van der Waals surface area contributed by atoms with E-state index < -0.39 is 17.0 Å². The van der Waals surface area contributed by atoms with Gasteiger partial charge in [0, 0.05) is 11.8 Å². The van der Waals surface area contributed by atoms with Crippen LogP contribution >= 0.6 is 0 Å². The van der Waals surface area contributed by atoms with Gasteiger partial charge < -0.3 is 0 Å². The lowest BCUT2D eigenvalue weighted by Crippen LogP contribution is -2.29. The van der Waals surface area contributed by atoms with Crippen molar-refractivity contribution in [2.24, 2.45) is 5.41 Å². The second kappa shape index (κ2) is 4.56. The molecule has 0 radical (unpaired) electrons. The van der Waals surface area contributed by atoms with Gasteiger partial charge in [0.25, 0.3) is 0 Å². The summed E-state index contributed by atoms with van der Waals surface area (Å²) in [6, 6.07) is 5.60. The quantitative estimate of drug-likeness (QED) is 0.736. The lowest BCUT2D eigenvalue weighted by atomic mass is 9.86. The van der Waals surface area contributed by atoms with Crippen LogP contribution in [0, 0.1) is 11.2 Å². The van der Waals surface area contributed by atoms with Gasteiger partial charge in [-0.3, -0.25) is 9.59 Å². The molecule has 1 rings (SSSR count). The van der Waals surface area contributed by atoms with E-state index in [0.29, 0.717) is 5.56 Å². The van der Waals surface area contributed by atoms with E-state index >= 15 is 0 Å². The first-order chi connectivity index (χ1) is 7.30. The topological polar surface area (TPSA) is 34.1 Å². The summed E-state index contributed by atoms with van der Waals surface area (Å²) < 4.78 is 12.6. The van der Waals surface area contributed by atoms with E-state index in [1.165, 1.54) is 24.3 Å². The number of hydrogen-bond acceptors (Lipinski definition) is 2. The number of rotatable bonds is 3. The largest absolute Gasteiger partial charge is 0.290 e. The molecule has 0 bridgehead atoms. The number of ketones is 2. The molecule has 1 aromatic carbocycles. The van der Waals surface area contributed by atoms with Gasteiger partial charge in [0.2, 0.25) is 11.6 Å². The maximum absolute atomic E-state index is 12.6. The minimum absolute atomic E-state index is 0.0381. The van der Waals surface area contributed by atoms with Gasteiger partial charge in [-0.05, 0) is 17.7 Å². The SMILES string of the molecule is CC(C)(C)C(=O)C(=O)Cc1ccc(F)cc1. The fourth-order valence-electron chi connectivity index (χ4n) is 1.29. The van der Waals surface area contributed by atoms with Crippen LogP contribution in [0.15, 0.2) is 24.3 Å². The van der Waals surface area contributed by atoms with Gasteiger partial charge in [-0.25, -0.2) is 4.39 Å². The standard InChI is InChI=1S/C13H15FO2/c1-13(2,3)12(16)11(15)8-9-4-6-10(14)7-5-9/h4-7H,8H2,1-3H3. The van der Waals surface area contributed by atoms with Crippen molar-refractivity contribution in [1.82, 2.24) is 0 Å². The monoisotopic (exact) mass is 222 g/mol. The molecule has 0 spiro atoms. The highest BCUT2D eigenvalue weighted by Gasteiger charge is 2.27. The highest BCUT2D eigenvalue weighted by molar-refractivity contribution is 6.39. The molecule has 3 heteroatoms. The summed E-state index contributed by atoms with van der Waals surface area (Å²) >= 11 is 0. The van der Waals surface area contributed by atoms with E-state index in [4.69, 9.17) is 0 Å². The van der Waals surface area contributed by atoms with Crippen LogP contribution in [0.25, 0.3) is 0 Å². The van der Waals surface area contributed by atoms with Crippen molar-refractivity contribution in [3.05, 3.63) is 35.6 Å². The van der Waals surface area contributed by atoms with Crippen molar-refractivity contribution in [2.75, 3.05) is 0 Å². The molecular weight excluding hydrogens is 207 g/mol. The van der Waals surface area contributed by atoms with Gasteiger partial charge in [-0.2, -0.15) is 0 Å². The number of carbonyl (C=O) groups is 2. The summed E-state index contributed by atoms with van der Waals surface area (Å²) in [5.41, 5.74) is 0.000840. The van der Waals surface area contributed by atoms with Crippen LogP contribution in [0.2, 0.25) is 0 Å². The summed E-state index contributed by atoms with van der Waals surface area (Å²) in [5, 5.41) is 0. The van der Waals surface area contributed by atoms with E-state index in [2.05, 4.69) is 0 Å². The van der Waals surface area contributed by atoms with Gasteiger partial charge >= 0.3 is 0 Å². The van der Waals surface area contributed by atoms with Crippen LogP contribution in [0.5, 0.6) is 0 Å². The number of carbonyl (C=O) groups excluding carboxylic acids is 2. The van der Waals surface area contributed by atoms with Gasteiger partial charge in [-0.15, -0.1) is 0 Å². The Morgan fingerprint density at radius 3 is 2.06 bits per heavy atom. The second-order valence-corrected chi connectivity index (χ2v) is 4.81. The van der Waals surface area contributed by atoms with Crippen molar-refractivity contribution in [3.63, 3.8) is 0 Å². The number of hydrogen-bond donors (Lipinski definition) is 0. The van der Waals surface area contributed by atoms with Crippen LogP contribution in [-0.2, 0) is 16.0 Å². The van der Waals surface area contributed by atoms with Crippen LogP contribution in [0.4, 0.5) is 4.39 Å². The molecule has 2 nitrogen and oxygen atoms in total. The average Bonchev–Trinajstić information content (AvgIpc) is 2.19. The van der Waals surface area contributed by atoms with E-state index in [-0.39, 0.29) is 12.2 Å². The summed E-state index contributed by atoms with van der Waals surface area (Å²) in [5.74, 6) is -1.17. The van der Waals surface area contributed by atoms with Gasteiger partial charge in [0.1, 0.15) is 5.82 Å². The molecule has 0 aromatic heterocycles. The number of Topliss-reactive ketones (excluding diaryl/α,β-unsaturated/α-hetero) is 2. The first-order valence-corrected chi connectivity index (χ1v) is 5.13. The molecule has 0 atom stereocenters. The second-order valence-electron chi connectivity index (χ2n) is 4.81. The third-order valence-corrected chi connectivity index (χ3v) is 2.21. The lowest BCUT2D eigenvalue weighted by Gasteiger charge is -2.14. The molecule has 16 heavy (non-hydrogen) atoms. The Bertz CT molecular complexity index is 399. The van der Waals surface area contributed by atoms with Crippen molar-refractivity contribution >= 4 is 11.6 Å². The van der Waals surface area contributed by atoms with Crippen LogP contribution in [-0.4, -0.2) is 11.6 Å². The Morgan fingerprint density at radius 2 is 1.62 bits per heavy atom. The Morgan fingerprint density at radius 1 is 1.12 bits per heavy atom. The normalized spacial score (nSPS) is 11.2. The van der Waals surface area contributed by atoms with E-state index in [1.54, 1.807) is 20.8 Å². The van der Waals surface area contributed by atoms with Gasteiger partial charge in [-0.1, -0.05) is 32.9 Å². The molecular formula is C13H15FO2. The van der Waals surface area contributed by atoms with Crippen molar-refractivity contribution < 1.29 is 14.0 Å². The van der Waals surface area contributed by atoms with Gasteiger partial charge in [0.05, 0.1) is 0 Å². The highest BCUT2D eigenvalue weighted by atomic mass is 19.1. The molecule has 0 aliphatic carbocycles. The fourth-order valence-corrected chi connectivity index (χ4v) is 1.29. The molecule has 0 amide bonds. The Hall–Kier alpha value is -1.51. The molecule has 0 N–H and O–H groups in total. The minimum Gasteiger partial charge on any atom is -0.290 e. The van der Waals surface area contributed by atoms with Crippen LogP contribution < -0.4 is 0 Å². The molecule has 0 aliphatic heterocycles. The van der Waals surface area contributed by atoms with Crippen molar-refractivity contribution in [1.29, 1.82) is 0 Å². The molecule has 0 unspecified atom stereocenters. The van der Waals surface area contributed by atoms with Crippen LogP contribution in [0.3, 0.4) is 0 Å². The molecule has 0 saturated heterocycles. The Kier molecular flexibility index (Phi) is 3.58. The Balaban J connectivity index is 2.72. The van der Waals surface area contributed by atoms with Crippen LogP contribution in [0.1, 0.15) is 26.3 Å². The minimum atomic E-state index is -0.656. The zero-order valence-electron chi connectivity index (χ0n) is 9.71. The Labute approximate surface area is 94.5 Å². The summed E-state index contributed by atoms with van der Waals surface area (Å²) in [4.78, 5) is 23.2. The lowest BCUT2D eigenvalue weighted by molar-refractivity contribution is -0.140. The van der Waals surface area contributed by atoms with E-state index in [1.807, 2.05) is 0 Å². The van der Waals surface area contributed by atoms with Crippen molar-refractivity contribution in [2.45, 2.75) is 27.2 Å². The molecule has 0 saturated carbocycles.